The summed E-state index contributed by atoms with van der Waals surface area (Å²) in [6.07, 6.45) is 0. The highest BCUT2D eigenvalue weighted by Gasteiger charge is 2.13. The minimum absolute atomic E-state index is 0.273. The lowest BCUT2D eigenvalue weighted by atomic mass is 10.2. The molecule has 0 fully saturated rings. The Kier molecular flexibility index (Phi) is 3.31. The van der Waals surface area contributed by atoms with Gasteiger partial charge >= 0.3 is 0 Å². The van der Waals surface area contributed by atoms with Crippen molar-refractivity contribution >= 4 is 27.0 Å². The van der Waals surface area contributed by atoms with Crippen molar-refractivity contribution in [2.75, 3.05) is 0 Å². The zero-order chi connectivity index (χ0) is 14.3. The van der Waals surface area contributed by atoms with Crippen LogP contribution in [0.5, 0.6) is 0 Å². The van der Waals surface area contributed by atoms with Gasteiger partial charge < -0.3 is 10.3 Å². The number of imidazole rings is 1. The number of aryl methyl sites for hydroxylation is 1. The lowest BCUT2D eigenvalue weighted by molar-refractivity contribution is 0.627. The molecule has 0 aliphatic carbocycles. The minimum Gasteiger partial charge on any atom is -0.327 e. The number of aromatic nitrogens is 2. The maximum atomic E-state index is 13.2. The van der Waals surface area contributed by atoms with Crippen molar-refractivity contribution in [1.29, 1.82) is 0 Å². The molecule has 20 heavy (non-hydrogen) atoms. The number of nitrogens with two attached hydrogens (primary N) is 1. The van der Waals surface area contributed by atoms with E-state index in [2.05, 4.69) is 20.9 Å². The molecule has 0 saturated carbocycles. The quantitative estimate of drug-likeness (QED) is 0.778. The van der Waals surface area contributed by atoms with Gasteiger partial charge in [-0.15, -0.1) is 0 Å². The fourth-order valence-electron chi connectivity index (χ4n) is 2.27. The van der Waals surface area contributed by atoms with E-state index >= 15 is 0 Å². The van der Waals surface area contributed by atoms with Gasteiger partial charge in [-0.05, 0) is 51.8 Å². The van der Waals surface area contributed by atoms with Crippen molar-refractivity contribution in [1.82, 2.24) is 9.55 Å². The molecule has 0 amide bonds. The van der Waals surface area contributed by atoms with Crippen LogP contribution >= 0.6 is 15.9 Å². The summed E-state index contributed by atoms with van der Waals surface area (Å²) < 4.78 is 15.9. The Labute approximate surface area is 124 Å². The third kappa shape index (κ3) is 2.13. The Morgan fingerprint density at radius 2 is 2.05 bits per heavy atom. The number of nitrogens with zero attached hydrogens (tertiary/aromatic N) is 2. The molecule has 2 N–H and O–H groups in total. The van der Waals surface area contributed by atoms with E-state index in [1.165, 1.54) is 12.1 Å². The lowest BCUT2D eigenvalue weighted by Gasteiger charge is -2.05. The van der Waals surface area contributed by atoms with E-state index in [9.17, 15) is 4.39 Å². The topological polar surface area (TPSA) is 43.8 Å². The number of rotatable bonds is 2. The Balaban J connectivity index is 2.24. The van der Waals surface area contributed by atoms with Gasteiger partial charge in [-0.1, -0.05) is 6.07 Å². The van der Waals surface area contributed by atoms with E-state index in [-0.39, 0.29) is 5.82 Å². The molecule has 3 nitrogen and oxygen atoms in total. The van der Waals surface area contributed by atoms with Gasteiger partial charge in [0.05, 0.1) is 11.0 Å². The van der Waals surface area contributed by atoms with E-state index < -0.39 is 0 Å². The van der Waals surface area contributed by atoms with Gasteiger partial charge in [0.1, 0.15) is 11.6 Å². The molecule has 3 aromatic rings. The molecule has 102 valence electrons. The van der Waals surface area contributed by atoms with Crippen LogP contribution in [0.2, 0.25) is 0 Å². The van der Waals surface area contributed by atoms with Crippen molar-refractivity contribution in [2.45, 2.75) is 6.54 Å². The summed E-state index contributed by atoms with van der Waals surface area (Å²) in [5.74, 6) is 0.519. The molecule has 0 bridgehead atoms. The first kappa shape index (κ1) is 13.3. The van der Waals surface area contributed by atoms with Crippen LogP contribution in [0.3, 0.4) is 0 Å². The molecular formula is C15H13BrFN3. The monoisotopic (exact) mass is 333 g/mol. The Morgan fingerprint density at radius 1 is 1.25 bits per heavy atom. The van der Waals surface area contributed by atoms with Gasteiger partial charge in [-0.3, -0.25) is 0 Å². The van der Waals surface area contributed by atoms with E-state index in [0.717, 1.165) is 28.0 Å². The molecule has 0 spiro atoms. The summed E-state index contributed by atoms with van der Waals surface area (Å²) in [6.45, 7) is 0.497. The summed E-state index contributed by atoms with van der Waals surface area (Å²) in [5.41, 5.74) is 9.50. The number of hydrogen-bond donors (Lipinski definition) is 1. The van der Waals surface area contributed by atoms with Crippen LogP contribution in [0.1, 0.15) is 5.56 Å². The van der Waals surface area contributed by atoms with E-state index in [0.29, 0.717) is 11.0 Å². The molecule has 0 saturated heterocycles. The van der Waals surface area contributed by atoms with Crippen LogP contribution in [-0.4, -0.2) is 9.55 Å². The first-order chi connectivity index (χ1) is 9.60. The summed E-state index contributed by atoms with van der Waals surface area (Å²) >= 11 is 3.39. The predicted molar refractivity (Wildman–Crippen MR) is 81.7 cm³/mol. The fraction of sp³-hybridized carbons (Fsp3) is 0.133. The van der Waals surface area contributed by atoms with Gasteiger partial charge in [-0.2, -0.15) is 0 Å². The average molecular weight is 334 g/mol. The van der Waals surface area contributed by atoms with E-state index in [4.69, 9.17) is 5.73 Å². The smallest absolute Gasteiger partial charge is 0.142 e. The van der Waals surface area contributed by atoms with E-state index in [1.807, 2.05) is 29.8 Å². The van der Waals surface area contributed by atoms with Gasteiger partial charge in [0, 0.05) is 23.6 Å². The van der Waals surface area contributed by atoms with Crippen LogP contribution < -0.4 is 5.73 Å². The largest absolute Gasteiger partial charge is 0.327 e. The summed E-state index contributed by atoms with van der Waals surface area (Å²) in [7, 11) is 1.95. The van der Waals surface area contributed by atoms with Crippen LogP contribution in [-0.2, 0) is 13.6 Å². The highest BCUT2D eigenvalue weighted by atomic mass is 79.9. The average Bonchev–Trinajstić information content (AvgIpc) is 2.76. The fourth-order valence-corrected chi connectivity index (χ4v) is 2.80. The number of benzene rings is 2. The Bertz CT molecular complexity index is 795. The van der Waals surface area contributed by atoms with Crippen LogP contribution in [0, 0.1) is 5.82 Å². The Morgan fingerprint density at radius 3 is 2.75 bits per heavy atom. The molecule has 0 radical (unpaired) electrons. The Hall–Kier alpha value is -1.72. The van der Waals surface area contributed by atoms with Gasteiger partial charge in [0.15, 0.2) is 0 Å². The molecule has 3 rings (SSSR count). The van der Waals surface area contributed by atoms with Crippen molar-refractivity contribution in [2.24, 2.45) is 12.8 Å². The van der Waals surface area contributed by atoms with E-state index in [1.54, 1.807) is 6.07 Å². The summed E-state index contributed by atoms with van der Waals surface area (Å²) in [5, 5.41) is 0. The summed E-state index contributed by atoms with van der Waals surface area (Å²) in [6, 6.07) is 10.6. The van der Waals surface area contributed by atoms with Crippen LogP contribution in [0.25, 0.3) is 22.4 Å². The number of hydrogen-bond acceptors (Lipinski definition) is 2. The minimum atomic E-state index is -0.273. The molecule has 0 unspecified atom stereocenters. The van der Waals surface area contributed by atoms with Crippen LogP contribution in [0.4, 0.5) is 4.39 Å². The van der Waals surface area contributed by atoms with Crippen molar-refractivity contribution in [3.05, 3.63) is 52.3 Å². The molecule has 0 aliphatic heterocycles. The van der Waals surface area contributed by atoms with Crippen molar-refractivity contribution in [3.63, 3.8) is 0 Å². The molecule has 0 atom stereocenters. The zero-order valence-electron chi connectivity index (χ0n) is 10.9. The van der Waals surface area contributed by atoms with Crippen molar-refractivity contribution < 1.29 is 4.39 Å². The molecule has 0 aliphatic rings. The first-order valence-electron chi connectivity index (χ1n) is 6.21. The highest BCUT2D eigenvalue weighted by molar-refractivity contribution is 9.10. The maximum Gasteiger partial charge on any atom is 0.142 e. The third-order valence-electron chi connectivity index (χ3n) is 3.35. The highest BCUT2D eigenvalue weighted by Crippen LogP contribution is 2.30. The number of halogens is 2. The van der Waals surface area contributed by atoms with Gasteiger partial charge in [-0.25, -0.2) is 9.37 Å². The second-order valence-corrected chi connectivity index (χ2v) is 5.50. The zero-order valence-corrected chi connectivity index (χ0v) is 12.5. The maximum absolute atomic E-state index is 13.2. The first-order valence-corrected chi connectivity index (χ1v) is 7.00. The predicted octanol–water partition coefficient (Wildman–Crippen LogP) is 3.60. The standard InChI is InChI=1S/C15H13BrFN3/c1-20-14-6-9(8-18)2-5-13(14)19-15(20)11-4-3-10(17)7-12(11)16/h2-7H,8,18H2,1H3. The van der Waals surface area contributed by atoms with Crippen LogP contribution in [0.15, 0.2) is 40.9 Å². The molecule has 5 heteroatoms. The van der Waals surface area contributed by atoms with Gasteiger partial charge in [0.2, 0.25) is 0 Å². The summed E-state index contributed by atoms with van der Waals surface area (Å²) in [4.78, 5) is 4.62. The molecular weight excluding hydrogens is 321 g/mol. The second kappa shape index (κ2) is 5.00. The van der Waals surface area contributed by atoms with Gasteiger partial charge in [0.25, 0.3) is 0 Å². The molecule has 1 heterocycles. The van der Waals surface area contributed by atoms with Crippen molar-refractivity contribution in [3.8, 4) is 11.4 Å². The lowest BCUT2D eigenvalue weighted by Crippen LogP contribution is -1.97. The SMILES string of the molecule is Cn1c(-c2ccc(F)cc2Br)nc2ccc(CN)cc21. The second-order valence-electron chi connectivity index (χ2n) is 4.65. The molecule has 2 aromatic carbocycles. The number of fused-ring (bicyclic) bond motifs is 1. The molecule has 1 aromatic heterocycles. The normalized spacial score (nSPS) is 11.2. The third-order valence-corrected chi connectivity index (χ3v) is 4.01.